The van der Waals surface area contributed by atoms with Crippen LogP contribution < -0.4 is 5.73 Å². The van der Waals surface area contributed by atoms with Crippen LogP contribution in [0.15, 0.2) is 4.99 Å². The van der Waals surface area contributed by atoms with Gasteiger partial charge in [-0.15, -0.1) is 10.2 Å². The summed E-state index contributed by atoms with van der Waals surface area (Å²) in [7, 11) is 0. The predicted octanol–water partition coefficient (Wildman–Crippen LogP) is -0.881. The summed E-state index contributed by atoms with van der Waals surface area (Å²) in [6.45, 7) is 2.36. The lowest BCUT2D eigenvalue weighted by Gasteiger charge is -1.89. The fraction of sp³-hybridized carbons (Fsp3) is 0.600. The molecule has 1 aromatic rings. The molecule has 1 rings (SSSR count). The molecule has 0 unspecified atom stereocenters. The van der Waals surface area contributed by atoms with Gasteiger partial charge in [0.15, 0.2) is 5.82 Å². The predicted molar refractivity (Wildman–Crippen MR) is 40.0 cm³/mol. The van der Waals surface area contributed by atoms with Gasteiger partial charge in [-0.05, 0) is 6.92 Å². The van der Waals surface area contributed by atoms with Crippen LogP contribution in [0.25, 0.3) is 0 Å². The third-order valence-corrected chi connectivity index (χ3v) is 1.09. The van der Waals surface area contributed by atoms with Gasteiger partial charge in [-0.3, -0.25) is 4.99 Å². The van der Waals surface area contributed by atoms with E-state index in [0.29, 0.717) is 24.6 Å². The summed E-state index contributed by atoms with van der Waals surface area (Å²) < 4.78 is 0. The van der Waals surface area contributed by atoms with Crippen LogP contribution in [0.5, 0.6) is 0 Å². The maximum atomic E-state index is 5.32. The lowest BCUT2D eigenvalue weighted by molar-refractivity contribution is 0.872. The minimum Gasteiger partial charge on any atom is -0.388 e. The Morgan fingerprint density at radius 3 is 3.09 bits per heavy atom. The fourth-order valence-electron chi connectivity index (χ4n) is 0.621. The second-order valence-electron chi connectivity index (χ2n) is 2.10. The molecule has 0 aliphatic rings. The van der Waals surface area contributed by atoms with E-state index in [2.05, 4.69) is 25.6 Å². The molecular weight excluding hydrogens is 144 g/mol. The quantitative estimate of drug-likeness (QED) is 0.436. The Morgan fingerprint density at radius 2 is 2.55 bits per heavy atom. The third-order valence-electron chi connectivity index (χ3n) is 1.09. The summed E-state index contributed by atoms with van der Waals surface area (Å²) in [6.07, 6.45) is 0.672. The van der Waals surface area contributed by atoms with Crippen molar-refractivity contribution in [1.29, 1.82) is 0 Å². The van der Waals surface area contributed by atoms with Gasteiger partial charge >= 0.3 is 0 Å². The van der Waals surface area contributed by atoms with Gasteiger partial charge in [0.1, 0.15) is 0 Å². The van der Waals surface area contributed by atoms with Gasteiger partial charge in [0.05, 0.1) is 5.84 Å². The van der Waals surface area contributed by atoms with Crippen LogP contribution in [0.3, 0.4) is 0 Å². The topological polar surface area (TPSA) is 92.8 Å². The van der Waals surface area contributed by atoms with Gasteiger partial charge in [0.2, 0.25) is 0 Å². The highest BCUT2D eigenvalue weighted by Gasteiger charge is 1.94. The lowest BCUT2D eigenvalue weighted by Crippen LogP contribution is -2.07. The van der Waals surface area contributed by atoms with Crippen molar-refractivity contribution in [3.05, 3.63) is 5.82 Å². The molecule has 6 heteroatoms. The number of tetrazole rings is 1. The summed E-state index contributed by atoms with van der Waals surface area (Å²) in [5.41, 5.74) is 5.32. The number of rotatable bonds is 3. The first kappa shape index (κ1) is 7.64. The number of aliphatic imine (C=N–C) groups is 1. The van der Waals surface area contributed by atoms with Crippen LogP contribution in [0.1, 0.15) is 12.7 Å². The van der Waals surface area contributed by atoms with E-state index < -0.39 is 0 Å². The first-order valence-electron chi connectivity index (χ1n) is 3.28. The Morgan fingerprint density at radius 1 is 1.73 bits per heavy atom. The van der Waals surface area contributed by atoms with E-state index in [1.54, 1.807) is 6.92 Å². The van der Waals surface area contributed by atoms with Crippen molar-refractivity contribution in [2.75, 3.05) is 6.54 Å². The Balaban J connectivity index is 2.30. The molecule has 11 heavy (non-hydrogen) atoms. The molecule has 0 aromatic carbocycles. The molecule has 0 aliphatic carbocycles. The second-order valence-corrected chi connectivity index (χ2v) is 2.10. The maximum Gasteiger partial charge on any atom is 0.176 e. The molecule has 60 valence electrons. The van der Waals surface area contributed by atoms with E-state index in [1.165, 1.54) is 0 Å². The van der Waals surface area contributed by atoms with Crippen LogP contribution in [0.4, 0.5) is 0 Å². The van der Waals surface area contributed by atoms with Crippen LogP contribution in [0.2, 0.25) is 0 Å². The normalized spacial score (nSPS) is 11.9. The Kier molecular flexibility index (Phi) is 2.53. The molecule has 0 aliphatic heterocycles. The van der Waals surface area contributed by atoms with Crippen molar-refractivity contribution in [1.82, 2.24) is 20.6 Å². The van der Waals surface area contributed by atoms with Gasteiger partial charge in [0, 0.05) is 13.0 Å². The van der Waals surface area contributed by atoms with E-state index in [1.807, 2.05) is 0 Å². The van der Waals surface area contributed by atoms with Crippen LogP contribution in [-0.4, -0.2) is 33.0 Å². The van der Waals surface area contributed by atoms with E-state index in [9.17, 15) is 0 Å². The van der Waals surface area contributed by atoms with Gasteiger partial charge in [-0.1, -0.05) is 5.21 Å². The number of amidine groups is 1. The summed E-state index contributed by atoms with van der Waals surface area (Å²) in [6, 6.07) is 0. The first-order chi connectivity index (χ1) is 5.29. The third kappa shape index (κ3) is 2.74. The summed E-state index contributed by atoms with van der Waals surface area (Å²) in [5, 5.41) is 13.3. The van der Waals surface area contributed by atoms with Crippen molar-refractivity contribution >= 4 is 5.84 Å². The zero-order chi connectivity index (χ0) is 8.10. The number of nitrogens with two attached hydrogens (primary N) is 1. The van der Waals surface area contributed by atoms with E-state index in [0.717, 1.165) is 0 Å². The standard InChI is InChI=1S/C5H10N6/c1-4(6)7-3-2-5-8-10-11-9-5/h2-3H2,1H3,(H2,6,7)(H,8,9,10,11). The van der Waals surface area contributed by atoms with Crippen molar-refractivity contribution in [3.63, 3.8) is 0 Å². The molecule has 0 saturated carbocycles. The SMILES string of the molecule is CC(N)=NCCc1nn[nH]n1. The van der Waals surface area contributed by atoms with E-state index >= 15 is 0 Å². The number of nitrogens with one attached hydrogen (secondary N) is 1. The van der Waals surface area contributed by atoms with Crippen molar-refractivity contribution < 1.29 is 0 Å². The minimum atomic E-state index is 0.577. The molecule has 0 radical (unpaired) electrons. The highest BCUT2D eigenvalue weighted by molar-refractivity contribution is 5.77. The van der Waals surface area contributed by atoms with Gasteiger partial charge in [-0.25, -0.2) is 0 Å². The molecular formula is C5H10N6. The van der Waals surface area contributed by atoms with Crippen LogP contribution in [-0.2, 0) is 6.42 Å². The van der Waals surface area contributed by atoms with Gasteiger partial charge in [0.25, 0.3) is 0 Å². The monoisotopic (exact) mass is 154 g/mol. The summed E-state index contributed by atoms with van der Waals surface area (Å²) in [5.74, 6) is 1.24. The average Bonchev–Trinajstić information content (AvgIpc) is 2.39. The molecule has 0 atom stereocenters. The van der Waals surface area contributed by atoms with Crippen molar-refractivity contribution in [2.45, 2.75) is 13.3 Å². The van der Waals surface area contributed by atoms with Crippen LogP contribution in [0, 0.1) is 0 Å². The number of H-pyrrole nitrogens is 1. The lowest BCUT2D eigenvalue weighted by atomic mass is 10.4. The highest BCUT2D eigenvalue weighted by atomic mass is 15.5. The fourth-order valence-corrected chi connectivity index (χ4v) is 0.621. The summed E-state index contributed by atoms with van der Waals surface area (Å²) >= 11 is 0. The summed E-state index contributed by atoms with van der Waals surface area (Å²) in [4.78, 5) is 3.97. The first-order valence-corrected chi connectivity index (χ1v) is 3.28. The number of aromatic amines is 1. The molecule has 3 N–H and O–H groups in total. The molecule has 6 nitrogen and oxygen atoms in total. The van der Waals surface area contributed by atoms with Crippen molar-refractivity contribution in [2.24, 2.45) is 10.7 Å². The van der Waals surface area contributed by atoms with Gasteiger partial charge < -0.3 is 5.73 Å². The van der Waals surface area contributed by atoms with Gasteiger partial charge in [-0.2, -0.15) is 5.21 Å². The van der Waals surface area contributed by atoms with Crippen molar-refractivity contribution in [3.8, 4) is 0 Å². The molecule has 1 aromatic heterocycles. The smallest absolute Gasteiger partial charge is 0.176 e. The Hall–Kier alpha value is -1.46. The largest absolute Gasteiger partial charge is 0.388 e. The highest BCUT2D eigenvalue weighted by Crippen LogP contribution is 1.85. The number of nitrogens with zero attached hydrogens (tertiary/aromatic N) is 4. The number of hydrogen-bond donors (Lipinski definition) is 2. The zero-order valence-electron chi connectivity index (χ0n) is 6.28. The minimum absolute atomic E-state index is 0.577. The average molecular weight is 154 g/mol. The maximum absolute atomic E-state index is 5.32. The van der Waals surface area contributed by atoms with Crippen LogP contribution >= 0.6 is 0 Å². The van der Waals surface area contributed by atoms with E-state index in [4.69, 9.17) is 5.73 Å². The Bertz CT molecular complexity index is 221. The molecule has 1 heterocycles. The zero-order valence-corrected chi connectivity index (χ0v) is 6.28. The number of hydrogen-bond acceptors (Lipinski definition) is 4. The molecule has 0 spiro atoms. The molecule has 0 bridgehead atoms. The van der Waals surface area contributed by atoms with E-state index in [-0.39, 0.29) is 0 Å². The number of aromatic nitrogens is 4. The molecule has 0 saturated heterocycles. The molecule has 0 amide bonds. The molecule has 0 fully saturated rings. The Labute approximate surface area is 63.9 Å². The second kappa shape index (κ2) is 3.65.